The lowest BCUT2D eigenvalue weighted by Crippen LogP contribution is -2.37. The Bertz CT molecular complexity index is 283. The van der Waals surface area contributed by atoms with Crippen molar-refractivity contribution in [3.05, 3.63) is 0 Å². The zero-order valence-corrected chi connectivity index (χ0v) is 8.07. The van der Waals surface area contributed by atoms with E-state index in [0.717, 1.165) is 6.26 Å². The number of sulfonamides is 1. The highest BCUT2D eigenvalue weighted by Gasteiger charge is 2.02. The number of hydrogen-bond acceptors (Lipinski definition) is 4. The van der Waals surface area contributed by atoms with Gasteiger partial charge in [0.15, 0.2) is 0 Å². The molecule has 0 heterocycles. The molecule has 0 aliphatic heterocycles. The standard InChI is InChI=1S/C3H11N3O4S2/c1-11(7,8)5-2-3-6-12(4,9)10/h5-6H,2-3H2,1H3,(H2,4,9,10). The summed E-state index contributed by atoms with van der Waals surface area (Å²) in [6, 6.07) is 0. The van der Waals surface area contributed by atoms with Crippen LogP contribution in [-0.4, -0.2) is 36.2 Å². The van der Waals surface area contributed by atoms with Crippen molar-refractivity contribution in [3.63, 3.8) is 0 Å². The van der Waals surface area contributed by atoms with E-state index in [1.54, 1.807) is 0 Å². The Labute approximate surface area is 71.6 Å². The lowest BCUT2D eigenvalue weighted by Gasteiger charge is -2.01. The van der Waals surface area contributed by atoms with Crippen molar-refractivity contribution in [2.45, 2.75) is 0 Å². The van der Waals surface area contributed by atoms with Crippen molar-refractivity contribution in [3.8, 4) is 0 Å². The van der Waals surface area contributed by atoms with E-state index in [-0.39, 0.29) is 13.1 Å². The molecule has 0 atom stereocenters. The Morgan fingerprint density at radius 2 is 1.50 bits per heavy atom. The van der Waals surface area contributed by atoms with Gasteiger partial charge in [-0.05, 0) is 0 Å². The van der Waals surface area contributed by atoms with E-state index in [0.29, 0.717) is 0 Å². The van der Waals surface area contributed by atoms with Gasteiger partial charge in [0, 0.05) is 13.1 Å². The highest BCUT2D eigenvalue weighted by atomic mass is 32.2. The first-order chi connectivity index (χ1) is 5.21. The maximum Gasteiger partial charge on any atom is 0.274 e. The summed E-state index contributed by atoms with van der Waals surface area (Å²) in [6.45, 7) is -0.0822. The van der Waals surface area contributed by atoms with Gasteiger partial charge in [-0.1, -0.05) is 0 Å². The van der Waals surface area contributed by atoms with Crippen LogP contribution in [0.3, 0.4) is 0 Å². The summed E-state index contributed by atoms with van der Waals surface area (Å²) >= 11 is 0. The first-order valence-corrected chi connectivity index (χ1v) is 6.36. The van der Waals surface area contributed by atoms with Crippen molar-refractivity contribution < 1.29 is 16.8 Å². The summed E-state index contributed by atoms with van der Waals surface area (Å²) in [6.07, 6.45) is 0.976. The molecule has 0 saturated heterocycles. The highest BCUT2D eigenvalue weighted by Crippen LogP contribution is 1.72. The van der Waals surface area contributed by atoms with Crippen LogP contribution in [0.15, 0.2) is 0 Å². The Balaban J connectivity index is 3.62. The fourth-order valence-corrected chi connectivity index (χ4v) is 1.29. The maximum absolute atomic E-state index is 10.4. The van der Waals surface area contributed by atoms with Gasteiger partial charge in [-0.2, -0.15) is 8.42 Å². The molecule has 0 unspecified atom stereocenters. The molecule has 0 aliphatic rings. The second-order valence-corrected chi connectivity index (χ2v) is 5.32. The van der Waals surface area contributed by atoms with Crippen molar-refractivity contribution >= 4 is 20.2 Å². The summed E-state index contributed by atoms with van der Waals surface area (Å²) < 4.78 is 45.4. The SMILES string of the molecule is CS(=O)(=O)NCCNS(N)(=O)=O. The van der Waals surface area contributed by atoms with Gasteiger partial charge in [-0.3, -0.25) is 0 Å². The summed E-state index contributed by atoms with van der Waals surface area (Å²) in [5.74, 6) is 0. The first kappa shape index (κ1) is 11.8. The average Bonchev–Trinajstić information content (AvgIpc) is 1.76. The second kappa shape index (κ2) is 4.14. The van der Waals surface area contributed by atoms with E-state index in [9.17, 15) is 16.8 Å². The van der Waals surface area contributed by atoms with E-state index in [1.807, 2.05) is 4.72 Å². The molecule has 0 amide bonds. The van der Waals surface area contributed by atoms with Gasteiger partial charge < -0.3 is 0 Å². The number of hydrogen-bond donors (Lipinski definition) is 3. The molecule has 0 rings (SSSR count). The molecule has 0 aliphatic carbocycles. The minimum atomic E-state index is -3.73. The molecular weight excluding hydrogens is 206 g/mol. The molecule has 7 nitrogen and oxygen atoms in total. The number of rotatable bonds is 5. The van der Waals surface area contributed by atoms with Gasteiger partial charge in [0.2, 0.25) is 10.0 Å². The van der Waals surface area contributed by atoms with Gasteiger partial charge in [0.1, 0.15) is 0 Å². The average molecular weight is 217 g/mol. The van der Waals surface area contributed by atoms with E-state index < -0.39 is 20.2 Å². The third kappa shape index (κ3) is 9.78. The quantitative estimate of drug-likeness (QED) is 0.435. The molecule has 12 heavy (non-hydrogen) atoms. The number of nitrogens with one attached hydrogen (secondary N) is 2. The van der Waals surface area contributed by atoms with Crippen LogP contribution in [0.4, 0.5) is 0 Å². The molecule has 4 N–H and O–H groups in total. The lowest BCUT2D eigenvalue weighted by molar-refractivity contribution is 0.574. The summed E-state index contributed by atoms with van der Waals surface area (Å²) in [5, 5.41) is 4.57. The minimum Gasteiger partial charge on any atom is -0.216 e. The lowest BCUT2D eigenvalue weighted by atomic mass is 10.7. The Hall–Kier alpha value is -0.220. The predicted molar refractivity (Wildman–Crippen MR) is 44.0 cm³/mol. The summed E-state index contributed by atoms with van der Waals surface area (Å²) in [4.78, 5) is 0. The zero-order valence-electron chi connectivity index (χ0n) is 6.44. The number of nitrogens with two attached hydrogens (primary N) is 1. The van der Waals surface area contributed by atoms with Gasteiger partial charge in [-0.15, -0.1) is 0 Å². The van der Waals surface area contributed by atoms with Crippen LogP contribution >= 0.6 is 0 Å². The van der Waals surface area contributed by atoms with E-state index in [4.69, 9.17) is 0 Å². The van der Waals surface area contributed by atoms with Crippen molar-refractivity contribution in [2.75, 3.05) is 19.3 Å². The Kier molecular flexibility index (Phi) is 4.06. The smallest absolute Gasteiger partial charge is 0.216 e. The van der Waals surface area contributed by atoms with Gasteiger partial charge in [-0.25, -0.2) is 23.0 Å². The van der Waals surface area contributed by atoms with Crippen LogP contribution in [-0.2, 0) is 20.2 Å². The van der Waals surface area contributed by atoms with Gasteiger partial charge in [0.05, 0.1) is 6.26 Å². The Morgan fingerprint density at radius 3 is 1.83 bits per heavy atom. The molecule has 0 aromatic rings. The van der Waals surface area contributed by atoms with Crippen LogP contribution in [0, 0.1) is 0 Å². The molecule has 0 aromatic carbocycles. The van der Waals surface area contributed by atoms with E-state index in [2.05, 4.69) is 9.86 Å². The third-order valence-electron chi connectivity index (χ3n) is 0.792. The largest absolute Gasteiger partial charge is 0.274 e. The second-order valence-electron chi connectivity index (χ2n) is 2.11. The molecule has 0 radical (unpaired) electrons. The predicted octanol–water partition coefficient (Wildman–Crippen LogP) is -2.67. The summed E-state index contributed by atoms with van der Waals surface area (Å²) in [7, 11) is -6.99. The molecule has 9 heteroatoms. The molecular formula is C3H11N3O4S2. The van der Waals surface area contributed by atoms with Crippen LogP contribution in [0.5, 0.6) is 0 Å². The third-order valence-corrected chi connectivity index (χ3v) is 2.13. The van der Waals surface area contributed by atoms with Crippen LogP contribution in [0.2, 0.25) is 0 Å². The molecule has 74 valence electrons. The van der Waals surface area contributed by atoms with Crippen LogP contribution in [0.25, 0.3) is 0 Å². The van der Waals surface area contributed by atoms with Gasteiger partial charge in [0.25, 0.3) is 10.2 Å². The highest BCUT2D eigenvalue weighted by molar-refractivity contribution is 7.88. The topological polar surface area (TPSA) is 118 Å². The fourth-order valence-electron chi connectivity index (χ4n) is 0.430. The van der Waals surface area contributed by atoms with Crippen molar-refractivity contribution in [1.82, 2.24) is 9.44 Å². The molecule has 0 bridgehead atoms. The molecule has 0 saturated carbocycles. The molecule has 0 spiro atoms. The van der Waals surface area contributed by atoms with Crippen LogP contribution in [0.1, 0.15) is 0 Å². The van der Waals surface area contributed by atoms with Gasteiger partial charge >= 0.3 is 0 Å². The van der Waals surface area contributed by atoms with E-state index in [1.165, 1.54) is 0 Å². The maximum atomic E-state index is 10.4. The summed E-state index contributed by atoms with van der Waals surface area (Å²) in [5.41, 5.74) is 0. The van der Waals surface area contributed by atoms with E-state index >= 15 is 0 Å². The fraction of sp³-hybridized carbons (Fsp3) is 1.00. The monoisotopic (exact) mass is 217 g/mol. The molecule has 0 fully saturated rings. The normalized spacial score (nSPS) is 13.2. The van der Waals surface area contributed by atoms with Crippen molar-refractivity contribution in [1.29, 1.82) is 0 Å². The zero-order chi connectivity index (χ0) is 9.83. The molecule has 0 aromatic heterocycles. The van der Waals surface area contributed by atoms with Crippen molar-refractivity contribution in [2.24, 2.45) is 5.14 Å². The Morgan fingerprint density at radius 1 is 1.08 bits per heavy atom. The first-order valence-electron chi connectivity index (χ1n) is 2.93. The minimum absolute atomic E-state index is 0.0186. The van der Waals surface area contributed by atoms with Crippen LogP contribution < -0.4 is 14.6 Å².